The third kappa shape index (κ3) is 2.27. The Morgan fingerprint density at radius 1 is 1.25 bits per heavy atom. The summed E-state index contributed by atoms with van der Waals surface area (Å²) in [4.78, 5) is 10.6. The van der Waals surface area contributed by atoms with Crippen LogP contribution in [0.4, 0.5) is 8.78 Å². The minimum Gasteiger partial charge on any atom is -0.299 e. The average molecular weight is 248 g/mol. The fraction of sp³-hybridized carbons (Fsp3) is 0.300. The van der Waals surface area contributed by atoms with Crippen LogP contribution in [0.15, 0.2) is 23.1 Å². The summed E-state index contributed by atoms with van der Waals surface area (Å²) in [5.41, 5.74) is 0. The number of halogens is 2. The second kappa shape index (κ2) is 4.29. The van der Waals surface area contributed by atoms with E-state index < -0.39 is 37.4 Å². The van der Waals surface area contributed by atoms with Gasteiger partial charge in [0.25, 0.3) is 0 Å². The quantitative estimate of drug-likeness (QED) is 0.765. The molecule has 1 atom stereocenters. The van der Waals surface area contributed by atoms with Crippen LogP contribution in [0.2, 0.25) is 0 Å². The summed E-state index contributed by atoms with van der Waals surface area (Å²) in [6.45, 7) is 2.33. The van der Waals surface area contributed by atoms with Crippen molar-refractivity contribution in [2.45, 2.75) is 24.0 Å². The highest BCUT2D eigenvalue weighted by Gasteiger charge is 2.27. The van der Waals surface area contributed by atoms with E-state index in [4.69, 9.17) is 0 Å². The van der Waals surface area contributed by atoms with E-state index in [2.05, 4.69) is 0 Å². The number of hydrogen-bond acceptors (Lipinski definition) is 3. The minimum atomic E-state index is -3.93. The van der Waals surface area contributed by atoms with Crippen LogP contribution < -0.4 is 0 Å². The molecule has 0 bridgehead atoms. The Balaban J connectivity index is 3.28. The van der Waals surface area contributed by atoms with Crippen LogP contribution in [0, 0.1) is 11.6 Å². The molecule has 0 aliphatic carbocycles. The first-order valence-corrected chi connectivity index (χ1v) is 6.01. The Kier molecular flexibility index (Phi) is 3.42. The Labute approximate surface area is 92.0 Å². The van der Waals surface area contributed by atoms with E-state index in [0.717, 1.165) is 19.1 Å². The van der Waals surface area contributed by atoms with E-state index in [0.29, 0.717) is 6.07 Å². The zero-order valence-corrected chi connectivity index (χ0v) is 9.51. The van der Waals surface area contributed by atoms with Crippen molar-refractivity contribution in [2.75, 3.05) is 0 Å². The predicted octanol–water partition coefficient (Wildman–Crippen LogP) is 1.72. The largest absolute Gasteiger partial charge is 0.299 e. The molecule has 88 valence electrons. The van der Waals surface area contributed by atoms with Gasteiger partial charge in [0.1, 0.15) is 11.0 Å². The number of ketones is 1. The van der Waals surface area contributed by atoms with Crippen LogP contribution >= 0.6 is 0 Å². The number of Topliss-reactive ketones (excluding diaryl/α,β-unsaturated/α-hetero) is 1. The summed E-state index contributed by atoms with van der Waals surface area (Å²) in [5, 5.41) is -1.27. The van der Waals surface area contributed by atoms with Crippen LogP contribution in [0.1, 0.15) is 13.8 Å². The Bertz CT molecular complexity index is 523. The molecule has 1 unspecified atom stereocenters. The van der Waals surface area contributed by atoms with E-state index in [1.807, 2.05) is 0 Å². The van der Waals surface area contributed by atoms with Crippen molar-refractivity contribution >= 4 is 15.6 Å². The molecule has 0 saturated carbocycles. The smallest absolute Gasteiger partial charge is 0.188 e. The van der Waals surface area contributed by atoms with Crippen LogP contribution in [0.3, 0.4) is 0 Å². The lowest BCUT2D eigenvalue weighted by atomic mass is 10.3. The third-order valence-corrected chi connectivity index (χ3v) is 4.43. The van der Waals surface area contributed by atoms with Gasteiger partial charge in [0, 0.05) is 0 Å². The first kappa shape index (κ1) is 12.8. The van der Waals surface area contributed by atoms with Gasteiger partial charge in [-0.3, -0.25) is 4.79 Å². The zero-order chi connectivity index (χ0) is 12.5. The second-order valence-corrected chi connectivity index (χ2v) is 5.64. The summed E-state index contributed by atoms with van der Waals surface area (Å²) in [6, 6.07) is 2.23. The summed E-state index contributed by atoms with van der Waals surface area (Å²) in [7, 11) is -3.93. The molecule has 0 N–H and O–H groups in total. The maximum atomic E-state index is 12.8. The molecule has 0 aliphatic rings. The number of carbonyl (C=O) groups excluding carboxylic acids is 1. The molecule has 1 aromatic carbocycles. The highest BCUT2D eigenvalue weighted by molar-refractivity contribution is 7.92. The van der Waals surface area contributed by atoms with Gasteiger partial charge in [-0.1, -0.05) is 0 Å². The highest BCUT2D eigenvalue weighted by Crippen LogP contribution is 2.19. The molecule has 0 aromatic heterocycles. The molecular formula is C10H10F2O3S. The molecule has 6 heteroatoms. The van der Waals surface area contributed by atoms with E-state index in [9.17, 15) is 22.0 Å². The standard InChI is InChI=1S/C10H10F2O3S/c1-6(13)7(2)16(14,15)8-3-4-9(11)10(12)5-8/h3-5,7H,1-2H3. The maximum absolute atomic E-state index is 12.8. The van der Waals surface area contributed by atoms with Crippen LogP contribution in [0.25, 0.3) is 0 Å². The molecule has 3 nitrogen and oxygen atoms in total. The van der Waals surface area contributed by atoms with Crippen molar-refractivity contribution < 1.29 is 22.0 Å². The molecule has 1 rings (SSSR count). The fourth-order valence-electron chi connectivity index (χ4n) is 1.08. The Hall–Kier alpha value is -1.30. The van der Waals surface area contributed by atoms with Crippen molar-refractivity contribution in [3.63, 3.8) is 0 Å². The van der Waals surface area contributed by atoms with E-state index in [-0.39, 0.29) is 0 Å². The number of carbonyl (C=O) groups is 1. The number of sulfone groups is 1. The molecule has 0 spiro atoms. The SMILES string of the molecule is CC(=O)C(C)S(=O)(=O)c1ccc(F)c(F)c1. The Morgan fingerprint density at radius 3 is 2.25 bits per heavy atom. The second-order valence-electron chi connectivity index (χ2n) is 3.37. The number of rotatable bonds is 3. The summed E-state index contributed by atoms with van der Waals surface area (Å²) >= 11 is 0. The topological polar surface area (TPSA) is 51.2 Å². The van der Waals surface area contributed by atoms with Crippen molar-refractivity contribution in [3.8, 4) is 0 Å². The molecule has 0 heterocycles. The van der Waals surface area contributed by atoms with Crippen LogP contribution in [-0.4, -0.2) is 19.5 Å². The first-order valence-electron chi connectivity index (χ1n) is 4.46. The van der Waals surface area contributed by atoms with Gasteiger partial charge in [-0.15, -0.1) is 0 Å². The molecule has 0 amide bonds. The third-order valence-electron chi connectivity index (χ3n) is 2.26. The van der Waals surface area contributed by atoms with E-state index in [1.54, 1.807) is 0 Å². The normalized spacial score (nSPS) is 13.5. The van der Waals surface area contributed by atoms with Crippen LogP contribution in [0.5, 0.6) is 0 Å². The molecular weight excluding hydrogens is 238 g/mol. The van der Waals surface area contributed by atoms with Gasteiger partial charge in [-0.05, 0) is 32.0 Å². The van der Waals surface area contributed by atoms with Crippen molar-refractivity contribution in [1.82, 2.24) is 0 Å². The first-order chi connectivity index (χ1) is 7.26. The minimum absolute atomic E-state index is 0.394. The maximum Gasteiger partial charge on any atom is 0.188 e. The predicted molar refractivity (Wildman–Crippen MR) is 53.7 cm³/mol. The fourth-order valence-corrected chi connectivity index (χ4v) is 2.45. The van der Waals surface area contributed by atoms with Crippen molar-refractivity contribution in [1.29, 1.82) is 0 Å². The molecule has 0 fully saturated rings. The highest BCUT2D eigenvalue weighted by atomic mass is 32.2. The van der Waals surface area contributed by atoms with Gasteiger partial charge in [0.15, 0.2) is 21.5 Å². The number of benzene rings is 1. The molecule has 0 radical (unpaired) electrons. The molecule has 1 aromatic rings. The van der Waals surface area contributed by atoms with Crippen LogP contribution in [-0.2, 0) is 14.6 Å². The molecule has 0 aliphatic heterocycles. The van der Waals surface area contributed by atoms with Crippen molar-refractivity contribution in [3.05, 3.63) is 29.8 Å². The van der Waals surface area contributed by atoms with Gasteiger partial charge in [-0.25, -0.2) is 17.2 Å². The van der Waals surface area contributed by atoms with E-state index in [1.165, 1.54) is 6.92 Å². The van der Waals surface area contributed by atoms with Crippen molar-refractivity contribution in [2.24, 2.45) is 0 Å². The average Bonchev–Trinajstić information content (AvgIpc) is 2.20. The lowest BCUT2D eigenvalue weighted by Crippen LogP contribution is -2.25. The lowest BCUT2D eigenvalue weighted by molar-refractivity contribution is -0.116. The summed E-state index contributed by atoms with van der Waals surface area (Å²) in [6.07, 6.45) is 0. The van der Waals surface area contributed by atoms with Gasteiger partial charge in [0.05, 0.1) is 4.90 Å². The van der Waals surface area contributed by atoms with Gasteiger partial charge in [0.2, 0.25) is 0 Å². The monoisotopic (exact) mass is 248 g/mol. The molecule has 16 heavy (non-hydrogen) atoms. The molecule has 0 saturated heterocycles. The lowest BCUT2D eigenvalue weighted by Gasteiger charge is -2.09. The summed E-state index contributed by atoms with van der Waals surface area (Å²) < 4.78 is 48.9. The van der Waals surface area contributed by atoms with Gasteiger partial charge in [-0.2, -0.15) is 0 Å². The van der Waals surface area contributed by atoms with Gasteiger partial charge >= 0.3 is 0 Å². The van der Waals surface area contributed by atoms with Gasteiger partial charge < -0.3 is 0 Å². The zero-order valence-electron chi connectivity index (χ0n) is 8.70. The Morgan fingerprint density at radius 2 is 1.81 bits per heavy atom. The number of hydrogen-bond donors (Lipinski definition) is 0. The van der Waals surface area contributed by atoms with E-state index >= 15 is 0 Å². The summed E-state index contributed by atoms with van der Waals surface area (Å²) in [5.74, 6) is -2.93.